The van der Waals surface area contributed by atoms with E-state index in [0.29, 0.717) is 19.2 Å². The Morgan fingerprint density at radius 1 is 1.00 bits per heavy atom. The minimum atomic E-state index is -4.75. The Morgan fingerprint density at radius 3 is 2.30 bits per heavy atom. The summed E-state index contributed by atoms with van der Waals surface area (Å²) in [7, 11) is 3.83. The third-order valence-electron chi connectivity index (χ3n) is 6.62. The molecule has 0 saturated carbocycles. The maximum atomic E-state index is 15.0. The van der Waals surface area contributed by atoms with Crippen LogP contribution in [0, 0.1) is 17.5 Å². The van der Waals surface area contributed by atoms with Crippen molar-refractivity contribution in [2.45, 2.75) is 31.1 Å². The van der Waals surface area contributed by atoms with Crippen molar-refractivity contribution in [3.63, 3.8) is 0 Å². The highest BCUT2D eigenvalue weighted by Crippen LogP contribution is 2.34. The standard InChI is InChI=1S/C24H25F6N5O2/c1-33(2)14-7-9-34(12-14)18-5-6-19(21(27)20(18)26)35-10-8-17(22(35)36)32-23(37)31-16-4-3-13(11-15(16)25)24(28,29)30/h3-6,11,14,17H,7-10,12H2,1-2H3,(H2,31,32,37)/t14-,17?/m1/s1. The Morgan fingerprint density at radius 2 is 1.68 bits per heavy atom. The average molecular weight is 529 g/mol. The van der Waals surface area contributed by atoms with Gasteiger partial charge >= 0.3 is 12.2 Å². The maximum absolute atomic E-state index is 15.0. The van der Waals surface area contributed by atoms with Crippen molar-refractivity contribution >= 4 is 29.0 Å². The number of alkyl halides is 3. The molecule has 7 nitrogen and oxygen atoms in total. The van der Waals surface area contributed by atoms with Gasteiger partial charge in [0.05, 0.1) is 22.6 Å². The molecule has 2 saturated heterocycles. The number of halogens is 6. The van der Waals surface area contributed by atoms with Crippen LogP contribution in [-0.2, 0) is 11.0 Å². The summed E-state index contributed by atoms with van der Waals surface area (Å²) in [6.45, 7) is 1.08. The zero-order chi connectivity index (χ0) is 27.1. The quantitative estimate of drug-likeness (QED) is 0.571. The molecule has 0 spiro atoms. The Kier molecular flexibility index (Phi) is 7.27. The molecule has 0 aromatic heterocycles. The molecule has 13 heteroatoms. The minimum absolute atomic E-state index is 0.0133. The molecule has 3 amide bonds. The molecule has 0 bridgehead atoms. The molecule has 2 fully saturated rings. The average Bonchev–Trinajstić information content (AvgIpc) is 3.44. The van der Waals surface area contributed by atoms with Gasteiger partial charge in [-0.15, -0.1) is 0 Å². The Labute approximate surface area is 209 Å². The predicted molar refractivity (Wildman–Crippen MR) is 125 cm³/mol. The van der Waals surface area contributed by atoms with Crippen LogP contribution >= 0.6 is 0 Å². The monoisotopic (exact) mass is 529 g/mol. The lowest BCUT2D eigenvalue weighted by molar-refractivity contribution is -0.137. The number of likely N-dealkylation sites (N-methyl/N-ethyl adjacent to an activating group) is 1. The molecule has 1 unspecified atom stereocenters. The number of anilines is 3. The zero-order valence-electron chi connectivity index (χ0n) is 20.0. The van der Waals surface area contributed by atoms with Crippen LogP contribution in [0.4, 0.5) is 48.2 Å². The third-order valence-corrected chi connectivity index (χ3v) is 6.62. The smallest absolute Gasteiger partial charge is 0.367 e. The molecule has 2 aromatic rings. The highest BCUT2D eigenvalue weighted by molar-refractivity contribution is 6.02. The number of urea groups is 1. The van der Waals surface area contributed by atoms with Gasteiger partial charge in [-0.05, 0) is 57.3 Å². The first-order valence-corrected chi connectivity index (χ1v) is 11.5. The number of nitrogens with one attached hydrogen (secondary N) is 2. The lowest BCUT2D eigenvalue weighted by Gasteiger charge is -2.24. The Bertz CT molecular complexity index is 1200. The molecule has 0 aliphatic carbocycles. The fourth-order valence-corrected chi connectivity index (χ4v) is 4.53. The van der Waals surface area contributed by atoms with Gasteiger partial charge in [0.1, 0.15) is 11.9 Å². The number of carbonyl (C=O) groups excluding carboxylic acids is 2. The second-order valence-corrected chi connectivity index (χ2v) is 9.21. The first-order chi connectivity index (χ1) is 17.4. The summed E-state index contributed by atoms with van der Waals surface area (Å²) < 4.78 is 82.0. The van der Waals surface area contributed by atoms with Gasteiger partial charge in [-0.3, -0.25) is 4.79 Å². The summed E-state index contributed by atoms with van der Waals surface area (Å²) in [6, 6.07) is 2.36. The largest absolute Gasteiger partial charge is 0.416 e. The summed E-state index contributed by atoms with van der Waals surface area (Å²) in [5.41, 5.74) is -1.91. The summed E-state index contributed by atoms with van der Waals surface area (Å²) in [6.07, 6.45) is -3.90. The number of amides is 3. The van der Waals surface area contributed by atoms with E-state index >= 15 is 4.39 Å². The van der Waals surface area contributed by atoms with Crippen molar-refractivity contribution < 1.29 is 35.9 Å². The molecule has 2 aliphatic heterocycles. The van der Waals surface area contributed by atoms with Crippen LogP contribution < -0.4 is 20.4 Å². The Balaban J connectivity index is 1.41. The molecule has 2 aromatic carbocycles. The van der Waals surface area contributed by atoms with Crippen molar-refractivity contribution in [1.82, 2.24) is 10.2 Å². The summed E-state index contributed by atoms with van der Waals surface area (Å²) in [5, 5.41) is 4.35. The van der Waals surface area contributed by atoms with E-state index in [9.17, 15) is 31.5 Å². The second kappa shape index (κ2) is 10.1. The van der Waals surface area contributed by atoms with Crippen LogP contribution in [0.5, 0.6) is 0 Å². The van der Waals surface area contributed by atoms with E-state index in [1.54, 1.807) is 4.90 Å². The van der Waals surface area contributed by atoms with Crippen molar-refractivity contribution in [2.24, 2.45) is 0 Å². The van der Waals surface area contributed by atoms with Gasteiger partial charge in [0.2, 0.25) is 5.91 Å². The third kappa shape index (κ3) is 5.45. The predicted octanol–water partition coefficient (Wildman–Crippen LogP) is 4.19. The molecular weight excluding hydrogens is 504 g/mol. The molecule has 2 heterocycles. The highest BCUT2D eigenvalue weighted by atomic mass is 19.4. The van der Waals surface area contributed by atoms with E-state index in [1.807, 2.05) is 19.0 Å². The highest BCUT2D eigenvalue weighted by Gasteiger charge is 2.37. The van der Waals surface area contributed by atoms with Gasteiger partial charge in [0, 0.05) is 25.7 Å². The van der Waals surface area contributed by atoms with Crippen molar-refractivity contribution in [3.05, 3.63) is 53.3 Å². The van der Waals surface area contributed by atoms with Crippen LogP contribution in [0.2, 0.25) is 0 Å². The summed E-state index contributed by atoms with van der Waals surface area (Å²) in [5.74, 6) is -4.27. The van der Waals surface area contributed by atoms with E-state index in [0.717, 1.165) is 17.4 Å². The molecule has 200 valence electrons. The molecule has 4 rings (SSSR count). The van der Waals surface area contributed by atoms with Crippen LogP contribution in [0.3, 0.4) is 0 Å². The van der Waals surface area contributed by atoms with Crippen molar-refractivity contribution in [1.29, 1.82) is 0 Å². The number of hydrogen-bond acceptors (Lipinski definition) is 4. The second-order valence-electron chi connectivity index (χ2n) is 9.21. The first-order valence-electron chi connectivity index (χ1n) is 11.5. The van der Waals surface area contributed by atoms with Crippen molar-refractivity contribution in [3.8, 4) is 0 Å². The lowest BCUT2D eigenvalue weighted by atomic mass is 10.2. The SMILES string of the molecule is CN(C)[C@@H]1CCN(c2ccc(N3CCC(NC(=O)Nc4ccc(C(F)(F)F)cc4F)C3=O)c(F)c2F)C1. The van der Waals surface area contributed by atoms with Crippen LogP contribution in [0.1, 0.15) is 18.4 Å². The topological polar surface area (TPSA) is 67.9 Å². The lowest BCUT2D eigenvalue weighted by Crippen LogP contribution is -2.43. The maximum Gasteiger partial charge on any atom is 0.416 e. The molecule has 2 atom stereocenters. The van der Waals surface area contributed by atoms with Gasteiger partial charge in [-0.2, -0.15) is 13.2 Å². The van der Waals surface area contributed by atoms with Crippen LogP contribution in [0.15, 0.2) is 30.3 Å². The first kappa shape index (κ1) is 26.6. The van der Waals surface area contributed by atoms with Gasteiger partial charge in [0.15, 0.2) is 11.6 Å². The summed E-state index contributed by atoms with van der Waals surface area (Å²) >= 11 is 0. The van der Waals surface area contributed by atoms with Crippen molar-refractivity contribution in [2.75, 3.05) is 48.8 Å². The number of rotatable bonds is 5. The van der Waals surface area contributed by atoms with E-state index in [4.69, 9.17) is 0 Å². The van der Waals surface area contributed by atoms with E-state index in [-0.39, 0.29) is 36.4 Å². The number of carbonyl (C=O) groups is 2. The minimum Gasteiger partial charge on any atom is -0.367 e. The summed E-state index contributed by atoms with van der Waals surface area (Å²) in [4.78, 5) is 29.8. The van der Waals surface area contributed by atoms with Gasteiger partial charge < -0.3 is 25.3 Å². The molecule has 0 radical (unpaired) electrons. The van der Waals surface area contributed by atoms with Gasteiger partial charge in [-0.1, -0.05) is 0 Å². The fraction of sp³-hybridized carbons (Fsp3) is 0.417. The van der Waals surface area contributed by atoms with E-state index < -0.39 is 52.9 Å². The number of hydrogen-bond donors (Lipinski definition) is 2. The molecule has 37 heavy (non-hydrogen) atoms. The Hall–Kier alpha value is -3.48. The molecule has 2 aliphatic rings. The zero-order valence-corrected chi connectivity index (χ0v) is 20.0. The van der Waals surface area contributed by atoms with Gasteiger partial charge in [-0.25, -0.2) is 18.0 Å². The van der Waals surface area contributed by atoms with Gasteiger partial charge in [0.25, 0.3) is 0 Å². The molecular formula is C24H25F6N5O2. The van der Waals surface area contributed by atoms with Crippen LogP contribution in [-0.4, -0.2) is 62.7 Å². The number of nitrogens with zero attached hydrogens (tertiary/aromatic N) is 3. The molecule has 2 N–H and O–H groups in total. The number of benzene rings is 2. The normalized spacial score (nSPS) is 20.2. The fourth-order valence-electron chi connectivity index (χ4n) is 4.53. The van der Waals surface area contributed by atoms with E-state index in [1.165, 1.54) is 12.1 Å². The van der Waals surface area contributed by atoms with E-state index in [2.05, 4.69) is 10.6 Å². The van der Waals surface area contributed by atoms with Crippen LogP contribution in [0.25, 0.3) is 0 Å².